The minimum atomic E-state index is -0.767. The lowest BCUT2D eigenvalue weighted by atomic mass is 9.86. The maximum Gasteiger partial charge on any atom is 0.315 e. The topological polar surface area (TPSA) is 90.9 Å². The number of carbonyl (C=O) groups is 2. The van der Waals surface area contributed by atoms with Crippen LogP contribution in [0.15, 0.2) is 0 Å². The first kappa shape index (κ1) is 17.7. The quantitative estimate of drug-likeness (QED) is 0.568. The van der Waals surface area contributed by atoms with Crippen molar-refractivity contribution in [1.82, 2.24) is 15.5 Å². The largest absolute Gasteiger partial charge is 0.481 e. The van der Waals surface area contributed by atoms with Crippen molar-refractivity contribution in [3.63, 3.8) is 0 Å². The molecule has 1 rings (SSSR count). The molecule has 0 aromatic carbocycles. The molecule has 1 saturated carbocycles. The summed E-state index contributed by atoms with van der Waals surface area (Å²) in [5.41, 5.74) is 0. The van der Waals surface area contributed by atoms with Gasteiger partial charge in [0.2, 0.25) is 0 Å². The Bertz CT molecular complexity index is 336. The van der Waals surface area contributed by atoms with Gasteiger partial charge in [0.05, 0.1) is 19.1 Å². The minimum Gasteiger partial charge on any atom is -0.481 e. The second kappa shape index (κ2) is 9.57. The number of nitrogens with zero attached hydrogens (tertiary/aromatic N) is 1. The zero-order valence-electron chi connectivity index (χ0n) is 12.9. The number of nitrogens with one attached hydrogen (secondary N) is 2. The van der Waals surface area contributed by atoms with Gasteiger partial charge in [-0.05, 0) is 33.4 Å². The predicted molar refractivity (Wildman–Crippen MR) is 79.3 cm³/mol. The molecule has 7 heteroatoms. The van der Waals surface area contributed by atoms with Crippen molar-refractivity contribution in [2.75, 3.05) is 40.4 Å². The van der Waals surface area contributed by atoms with Gasteiger partial charge in [0.15, 0.2) is 0 Å². The van der Waals surface area contributed by atoms with Crippen molar-refractivity contribution in [3.05, 3.63) is 0 Å². The van der Waals surface area contributed by atoms with Gasteiger partial charge >= 0.3 is 12.0 Å². The van der Waals surface area contributed by atoms with E-state index in [4.69, 9.17) is 9.84 Å². The molecule has 0 heterocycles. The maximum absolute atomic E-state index is 11.7. The van der Waals surface area contributed by atoms with Crippen LogP contribution in [0.4, 0.5) is 4.79 Å². The molecular formula is C14H27N3O4. The Balaban J connectivity index is 2.09. The Morgan fingerprint density at radius 3 is 2.71 bits per heavy atom. The second-order valence-electron chi connectivity index (χ2n) is 5.71. The van der Waals surface area contributed by atoms with Crippen molar-refractivity contribution < 1.29 is 19.4 Å². The Morgan fingerprint density at radius 2 is 2.05 bits per heavy atom. The number of aliphatic carboxylic acids is 1. The summed E-state index contributed by atoms with van der Waals surface area (Å²) in [5.74, 6) is -1.10. The van der Waals surface area contributed by atoms with Crippen molar-refractivity contribution in [3.8, 4) is 0 Å². The van der Waals surface area contributed by atoms with Crippen LogP contribution in [0.3, 0.4) is 0 Å². The maximum atomic E-state index is 11.7. The van der Waals surface area contributed by atoms with Crippen molar-refractivity contribution in [1.29, 1.82) is 0 Å². The van der Waals surface area contributed by atoms with E-state index in [2.05, 4.69) is 10.6 Å². The molecule has 0 spiro atoms. The van der Waals surface area contributed by atoms with Crippen molar-refractivity contribution >= 4 is 12.0 Å². The van der Waals surface area contributed by atoms with Crippen LogP contribution in [-0.4, -0.2) is 68.4 Å². The van der Waals surface area contributed by atoms with E-state index in [1.54, 1.807) is 0 Å². The van der Waals surface area contributed by atoms with E-state index < -0.39 is 5.97 Å². The van der Waals surface area contributed by atoms with Crippen LogP contribution in [0.1, 0.15) is 25.7 Å². The number of rotatable bonds is 8. The van der Waals surface area contributed by atoms with E-state index in [1.807, 2.05) is 19.0 Å². The highest BCUT2D eigenvalue weighted by atomic mass is 16.5. The fourth-order valence-electron chi connectivity index (χ4n) is 2.37. The summed E-state index contributed by atoms with van der Waals surface area (Å²) in [6.45, 7) is 2.42. The molecule has 1 fully saturated rings. The van der Waals surface area contributed by atoms with Gasteiger partial charge in [0.1, 0.15) is 0 Å². The summed E-state index contributed by atoms with van der Waals surface area (Å²) < 4.78 is 5.37. The van der Waals surface area contributed by atoms with Crippen LogP contribution in [0.5, 0.6) is 0 Å². The molecule has 122 valence electrons. The van der Waals surface area contributed by atoms with Crippen LogP contribution >= 0.6 is 0 Å². The lowest BCUT2D eigenvalue weighted by Gasteiger charge is -2.27. The monoisotopic (exact) mass is 301 g/mol. The number of amides is 2. The van der Waals surface area contributed by atoms with E-state index >= 15 is 0 Å². The van der Waals surface area contributed by atoms with Crippen molar-refractivity contribution in [2.24, 2.45) is 5.92 Å². The number of urea groups is 1. The Hall–Kier alpha value is -1.34. The predicted octanol–water partition coefficient (Wildman–Crippen LogP) is 0.507. The van der Waals surface area contributed by atoms with Crippen LogP contribution in [0.25, 0.3) is 0 Å². The third-order valence-corrected chi connectivity index (χ3v) is 3.57. The highest BCUT2D eigenvalue weighted by molar-refractivity contribution is 5.74. The van der Waals surface area contributed by atoms with Gasteiger partial charge in [-0.25, -0.2) is 4.79 Å². The first-order valence-corrected chi connectivity index (χ1v) is 7.48. The molecule has 2 atom stereocenters. The summed E-state index contributed by atoms with van der Waals surface area (Å²) in [4.78, 5) is 24.7. The molecule has 7 nitrogen and oxygen atoms in total. The fourth-order valence-corrected chi connectivity index (χ4v) is 2.37. The van der Waals surface area contributed by atoms with Gasteiger partial charge in [-0.3, -0.25) is 4.79 Å². The molecular weight excluding hydrogens is 274 g/mol. The minimum absolute atomic E-state index is 0.0468. The molecule has 1 aliphatic carbocycles. The summed E-state index contributed by atoms with van der Waals surface area (Å²) in [6, 6.07) is -0.295. The van der Waals surface area contributed by atoms with Gasteiger partial charge in [0.25, 0.3) is 0 Å². The Labute approximate surface area is 126 Å². The lowest BCUT2D eigenvalue weighted by Crippen LogP contribution is -2.45. The molecule has 0 bridgehead atoms. The van der Waals surface area contributed by atoms with Gasteiger partial charge in [-0.1, -0.05) is 6.42 Å². The zero-order chi connectivity index (χ0) is 15.7. The number of likely N-dealkylation sites (N-methyl/N-ethyl adjacent to an activating group) is 1. The van der Waals surface area contributed by atoms with Crippen LogP contribution in [-0.2, 0) is 9.53 Å². The molecule has 1 aliphatic rings. The smallest absolute Gasteiger partial charge is 0.315 e. The number of hydrogen-bond donors (Lipinski definition) is 3. The van der Waals surface area contributed by atoms with E-state index in [0.29, 0.717) is 32.6 Å². The van der Waals surface area contributed by atoms with Gasteiger partial charge < -0.3 is 25.4 Å². The first-order chi connectivity index (χ1) is 9.99. The fraction of sp³-hybridized carbons (Fsp3) is 0.857. The third-order valence-electron chi connectivity index (χ3n) is 3.57. The molecule has 21 heavy (non-hydrogen) atoms. The van der Waals surface area contributed by atoms with Crippen LogP contribution in [0.2, 0.25) is 0 Å². The lowest BCUT2D eigenvalue weighted by molar-refractivity contribution is -0.143. The summed E-state index contributed by atoms with van der Waals surface area (Å²) in [6.07, 6.45) is 2.91. The molecule has 0 aromatic rings. The second-order valence-corrected chi connectivity index (χ2v) is 5.71. The number of carboxylic acids is 1. The van der Waals surface area contributed by atoms with E-state index in [1.165, 1.54) is 0 Å². The molecule has 0 aromatic heterocycles. The number of ether oxygens (including phenoxy) is 1. The molecule has 3 N–H and O–H groups in total. The summed E-state index contributed by atoms with van der Waals surface area (Å²) in [5, 5.41) is 14.6. The summed E-state index contributed by atoms with van der Waals surface area (Å²) >= 11 is 0. The average Bonchev–Trinajstić information content (AvgIpc) is 2.42. The number of carbonyl (C=O) groups excluding carboxylic acids is 1. The standard InChI is InChI=1S/C14H27N3O4/c1-17(2)7-9-21-8-6-15-14(20)16-12-5-3-4-11(10-12)13(18)19/h11-12H,3-10H2,1-2H3,(H,18,19)(H2,15,16,20). The van der Waals surface area contributed by atoms with E-state index in [9.17, 15) is 9.59 Å². The molecule has 2 unspecified atom stereocenters. The zero-order valence-corrected chi connectivity index (χ0v) is 12.9. The number of carboxylic acid groups (broad SMARTS) is 1. The van der Waals surface area contributed by atoms with E-state index in [-0.39, 0.29) is 18.0 Å². The molecule has 2 amide bonds. The molecule has 0 saturated heterocycles. The summed E-state index contributed by atoms with van der Waals surface area (Å²) in [7, 11) is 3.95. The molecule has 0 aliphatic heterocycles. The average molecular weight is 301 g/mol. The Morgan fingerprint density at radius 1 is 1.29 bits per heavy atom. The third kappa shape index (κ3) is 7.87. The van der Waals surface area contributed by atoms with Crippen LogP contribution in [0, 0.1) is 5.92 Å². The van der Waals surface area contributed by atoms with Gasteiger partial charge in [-0.2, -0.15) is 0 Å². The highest BCUT2D eigenvalue weighted by Gasteiger charge is 2.27. The van der Waals surface area contributed by atoms with E-state index in [0.717, 1.165) is 19.4 Å². The first-order valence-electron chi connectivity index (χ1n) is 7.48. The SMILES string of the molecule is CN(C)CCOCCNC(=O)NC1CCCC(C(=O)O)C1. The van der Waals surface area contributed by atoms with Crippen molar-refractivity contribution in [2.45, 2.75) is 31.7 Å². The highest BCUT2D eigenvalue weighted by Crippen LogP contribution is 2.24. The number of hydrogen-bond acceptors (Lipinski definition) is 4. The van der Waals surface area contributed by atoms with Crippen LogP contribution < -0.4 is 10.6 Å². The van der Waals surface area contributed by atoms with Gasteiger partial charge in [0, 0.05) is 19.1 Å². The Kier molecular flexibility index (Phi) is 8.07. The van der Waals surface area contributed by atoms with Gasteiger partial charge in [-0.15, -0.1) is 0 Å². The normalized spacial score (nSPS) is 22.0. The molecule has 0 radical (unpaired) electrons.